The standard InChI is InChI=1S/C15H20N2O2S/c18-14(19)13-12(10-11-4-2-1-3-5-11)20-15(17-13)6-8-16-9-7-15/h1-5,12-13,16-17H,6-10H2,(H,18,19). The van der Waals surface area contributed by atoms with E-state index in [0.29, 0.717) is 0 Å². The lowest BCUT2D eigenvalue weighted by atomic mass is 10.0. The first-order valence-electron chi connectivity index (χ1n) is 7.11. The number of carbonyl (C=O) groups is 1. The zero-order valence-electron chi connectivity index (χ0n) is 11.3. The Labute approximate surface area is 123 Å². The second-order valence-corrected chi connectivity index (χ2v) is 7.17. The van der Waals surface area contributed by atoms with Crippen molar-refractivity contribution in [2.75, 3.05) is 13.1 Å². The summed E-state index contributed by atoms with van der Waals surface area (Å²) in [6, 6.07) is 9.72. The van der Waals surface area contributed by atoms with Crippen LogP contribution in [-0.4, -0.2) is 40.3 Å². The van der Waals surface area contributed by atoms with Crippen LogP contribution in [0.15, 0.2) is 30.3 Å². The molecule has 1 spiro atoms. The van der Waals surface area contributed by atoms with E-state index >= 15 is 0 Å². The van der Waals surface area contributed by atoms with Gasteiger partial charge >= 0.3 is 5.97 Å². The van der Waals surface area contributed by atoms with Crippen LogP contribution in [0.25, 0.3) is 0 Å². The third-order valence-electron chi connectivity index (χ3n) is 4.12. The quantitative estimate of drug-likeness (QED) is 0.787. The van der Waals surface area contributed by atoms with E-state index < -0.39 is 12.0 Å². The molecule has 0 aliphatic carbocycles. The molecule has 108 valence electrons. The number of piperidine rings is 1. The highest BCUT2D eigenvalue weighted by molar-refractivity contribution is 8.01. The number of hydrogen-bond donors (Lipinski definition) is 3. The van der Waals surface area contributed by atoms with E-state index in [9.17, 15) is 9.90 Å². The predicted octanol–water partition coefficient (Wildman–Crippen LogP) is 1.47. The molecule has 0 aromatic heterocycles. The highest BCUT2D eigenvalue weighted by Gasteiger charge is 2.48. The van der Waals surface area contributed by atoms with E-state index in [4.69, 9.17) is 0 Å². The second kappa shape index (κ2) is 5.76. The van der Waals surface area contributed by atoms with Crippen molar-refractivity contribution in [3.63, 3.8) is 0 Å². The number of benzene rings is 1. The molecule has 0 radical (unpaired) electrons. The molecule has 2 aliphatic heterocycles. The molecule has 0 bridgehead atoms. The molecule has 1 aromatic carbocycles. The van der Waals surface area contributed by atoms with Crippen LogP contribution in [0.5, 0.6) is 0 Å². The highest BCUT2D eigenvalue weighted by atomic mass is 32.2. The van der Waals surface area contributed by atoms with E-state index in [-0.39, 0.29) is 10.1 Å². The first kappa shape index (κ1) is 13.9. The van der Waals surface area contributed by atoms with Crippen LogP contribution >= 0.6 is 11.8 Å². The van der Waals surface area contributed by atoms with E-state index in [1.807, 2.05) is 30.0 Å². The van der Waals surface area contributed by atoms with Crippen LogP contribution in [-0.2, 0) is 11.2 Å². The topological polar surface area (TPSA) is 61.4 Å². The SMILES string of the molecule is O=C(O)C1NC2(CCNCC2)SC1Cc1ccccc1. The van der Waals surface area contributed by atoms with Crippen molar-refractivity contribution in [3.8, 4) is 0 Å². The van der Waals surface area contributed by atoms with Crippen LogP contribution < -0.4 is 10.6 Å². The van der Waals surface area contributed by atoms with Gasteiger partial charge in [0, 0.05) is 5.25 Å². The smallest absolute Gasteiger partial charge is 0.321 e. The molecule has 5 heteroatoms. The van der Waals surface area contributed by atoms with Crippen LogP contribution in [0, 0.1) is 0 Å². The summed E-state index contributed by atoms with van der Waals surface area (Å²) >= 11 is 1.83. The summed E-state index contributed by atoms with van der Waals surface area (Å²) in [4.78, 5) is 11.5. The van der Waals surface area contributed by atoms with E-state index in [2.05, 4.69) is 22.8 Å². The number of rotatable bonds is 3. The van der Waals surface area contributed by atoms with Crippen molar-refractivity contribution in [2.24, 2.45) is 0 Å². The fraction of sp³-hybridized carbons (Fsp3) is 0.533. The Morgan fingerprint density at radius 1 is 1.30 bits per heavy atom. The average molecular weight is 292 g/mol. The number of aliphatic carboxylic acids is 1. The molecule has 2 aliphatic rings. The maximum atomic E-state index is 11.5. The van der Waals surface area contributed by atoms with E-state index in [0.717, 1.165) is 32.4 Å². The van der Waals surface area contributed by atoms with Crippen LogP contribution in [0.1, 0.15) is 18.4 Å². The van der Waals surface area contributed by atoms with Gasteiger partial charge in [-0.3, -0.25) is 10.1 Å². The molecule has 2 heterocycles. The summed E-state index contributed by atoms with van der Waals surface area (Å²) in [6.07, 6.45) is 2.80. The minimum Gasteiger partial charge on any atom is -0.480 e. The zero-order chi connectivity index (χ0) is 14.0. The van der Waals surface area contributed by atoms with Crippen molar-refractivity contribution >= 4 is 17.7 Å². The Bertz CT molecular complexity index is 474. The number of nitrogens with one attached hydrogen (secondary N) is 2. The highest BCUT2D eigenvalue weighted by Crippen LogP contribution is 2.43. The molecule has 4 nitrogen and oxygen atoms in total. The summed E-state index contributed by atoms with van der Waals surface area (Å²) in [7, 11) is 0. The lowest BCUT2D eigenvalue weighted by Gasteiger charge is -2.33. The molecule has 2 atom stereocenters. The molecule has 0 saturated carbocycles. The summed E-state index contributed by atoms with van der Waals surface area (Å²) < 4.78 is 0. The van der Waals surface area contributed by atoms with Gasteiger partial charge in [-0.05, 0) is 37.9 Å². The van der Waals surface area contributed by atoms with Crippen LogP contribution in [0.2, 0.25) is 0 Å². The molecule has 0 amide bonds. The molecule has 20 heavy (non-hydrogen) atoms. The lowest BCUT2D eigenvalue weighted by Crippen LogP contribution is -2.51. The Morgan fingerprint density at radius 3 is 2.65 bits per heavy atom. The Balaban J connectivity index is 1.76. The fourth-order valence-corrected chi connectivity index (χ4v) is 4.90. The normalized spacial score (nSPS) is 28.6. The molecule has 3 rings (SSSR count). The third-order valence-corrected chi connectivity index (χ3v) is 5.84. The van der Waals surface area contributed by atoms with Crippen molar-refractivity contribution < 1.29 is 9.90 Å². The predicted molar refractivity (Wildman–Crippen MR) is 80.9 cm³/mol. The molecule has 2 fully saturated rings. The van der Waals surface area contributed by atoms with Crippen molar-refractivity contribution in [1.82, 2.24) is 10.6 Å². The minimum absolute atomic E-state index is 0.0479. The molecule has 2 unspecified atom stereocenters. The zero-order valence-corrected chi connectivity index (χ0v) is 12.2. The van der Waals surface area contributed by atoms with Crippen molar-refractivity contribution in [1.29, 1.82) is 0 Å². The van der Waals surface area contributed by atoms with Gasteiger partial charge in [0.1, 0.15) is 6.04 Å². The number of thioether (sulfide) groups is 1. The van der Waals surface area contributed by atoms with Crippen LogP contribution in [0.4, 0.5) is 0 Å². The lowest BCUT2D eigenvalue weighted by molar-refractivity contribution is -0.139. The summed E-state index contributed by atoms with van der Waals surface area (Å²) in [5.74, 6) is -0.728. The largest absolute Gasteiger partial charge is 0.480 e. The molecular weight excluding hydrogens is 272 g/mol. The Hall–Kier alpha value is -1.04. The summed E-state index contributed by atoms with van der Waals surface area (Å²) in [5.41, 5.74) is 1.21. The van der Waals surface area contributed by atoms with Gasteiger partial charge in [-0.15, -0.1) is 11.8 Å². The van der Waals surface area contributed by atoms with Gasteiger partial charge in [0.2, 0.25) is 0 Å². The maximum absolute atomic E-state index is 11.5. The first-order valence-corrected chi connectivity index (χ1v) is 7.99. The number of hydrogen-bond acceptors (Lipinski definition) is 4. The van der Waals surface area contributed by atoms with Gasteiger partial charge in [0.25, 0.3) is 0 Å². The first-order chi connectivity index (χ1) is 9.69. The Morgan fingerprint density at radius 2 is 2.00 bits per heavy atom. The molecule has 1 aromatic rings. The fourth-order valence-electron chi connectivity index (χ4n) is 3.09. The van der Waals surface area contributed by atoms with Gasteiger partial charge in [0.15, 0.2) is 0 Å². The van der Waals surface area contributed by atoms with Crippen LogP contribution in [0.3, 0.4) is 0 Å². The number of carboxylic acid groups (broad SMARTS) is 1. The van der Waals surface area contributed by atoms with Gasteiger partial charge in [-0.2, -0.15) is 0 Å². The van der Waals surface area contributed by atoms with Gasteiger partial charge in [0.05, 0.1) is 4.87 Å². The van der Waals surface area contributed by atoms with Crippen molar-refractivity contribution in [3.05, 3.63) is 35.9 Å². The monoisotopic (exact) mass is 292 g/mol. The number of carboxylic acids is 1. The maximum Gasteiger partial charge on any atom is 0.321 e. The second-order valence-electron chi connectivity index (χ2n) is 5.55. The molecule has 3 N–H and O–H groups in total. The average Bonchev–Trinajstić information content (AvgIpc) is 2.79. The van der Waals surface area contributed by atoms with E-state index in [1.54, 1.807) is 0 Å². The van der Waals surface area contributed by atoms with Gasteiger partial charge in [-0.1, -0.05) is 30.3 Å². The Kier molecular flexibility index (Phi) is 4.01. The summed E-state index contributed by atoms with van der Waals surface area (Å²) in [5, 5.41) is 16.3. The minimum atomic E-state index is -0.728. The molecular formula is C15H20N2O2S. The van der Waals surface area contributed by atoms with Gasteiger partial charge in [-0.25, -0.2) is 0 Å². The summed E-state index contributed by atoms with van der Waals surface area (Å²) in [6.45, 7) is 1.93. The van der Waals surface area contributed by atoms with E-state index in [1.165, 1.54) is 5.56 Å². The third kappa shape index (κ3) is 2.85. The van der Waals surface area contributed by atoms with Crippen molar-refractivity contribution in [2.45, 2.75) is 35.4 Å². The van der Waals surface area contributed by atoms with Gasteiger partial charge < -0.3 is 10.4 Å². The molecule has 2 saturated heterocycles.